The van der Waals surface area contributed by atoms with E-state index in [4.69, 9.17) is 11.1 Å². The number of nitrogens with zero attached hydrogens (tertiary/aromatic N) is 6. The molecule has 0 saturated heterocycles. The van der Waals surface area contributed by atoms with Gasteiger partial charge in [-0.25, -0.2) is 4.98 Å². The van der Waals surface area contributed by atoms with Crippen LogP contribution in [0.15, 0.2) is 104 Å². The van der Waals surface area contributed by atoms with Crippen LogP contribution in [0.5, 0.6) is 0 Å². The molecular weight excluding hydrogens is 1040 g/mol. The van der Waals surface area contributed by atoms with Crippen molar-refractivity contribution in [3.05, 3.63) is 153 Å². The number of nitrogens with one attached hydrogen (secondary N) is 2. The van der Waals surface area contributed by atoms with E-state index in [0.717, 1.165) is 41.7 Å². The number of ether oxygens (including phenoxy) is 3. The number of pyridine rings is 4. The SMILES string of the molecule is CCCCCCc1ccc(/C=C/c2cc(/C([NH-])=C/C(=N)C(F)(F)F)nc(-c3cc(C(F)(F)F)n[n-]3)c2)s1.O=CO/C=C/c1ccnc(-c2cc(/C=C/OC=O)cc(-c3cc(/C=C/OC=O)ccn3)n2)c1.[Ru+2]. The molecule has 6 heterocycles. The molecule has 0 aromatic carbocycles. The summed E-state index contributed by atoms with van der Waals surface area (Å²) in [6, 6.07) is 17.9. The first-order valence-corrected chi connectivity index (χ1v) is 21.6. The molecule has 6 aromatic rings. The zero-order valence-electron chi connectivity index (χ0n) is 37.1. The van der Waals surface area contributed by atoms with Crippen molar-refractivity contribution in [2.24, 2.45) is 0 Å². The number of aryl methyl sites for hydroxylation is 1. The number of thiophene rings is 1. The maximum atomic E-state index is 13.0. The Kier molecular flexibility index (Phi) is 21.6. The Morgan fingerprint density at radius 3 is 1.76 bits per heavy atom. The number of hydrogen-bond donors (Lipinski definition) is 1. The molecule has 0 aliphatic carbocycles. The Morgan fingerprint density at radius 2 is 1.23 bits per heavy atom. The van der Waals surface area contributed by atoms with Gasteiger partial charge in [-0.3, -0.25) is 34.7 Å². The Labute approximate surface area is 419 Å². The minimum Gasteiger partial charge on any atom is -0.697 e. The fourth-order valence-electron chi connectivity index (χ4n) is 6.04. The molecule has 71 heavy (non-hydrogen) atoms. The van der Waals surface area contributed by atoms with Crippen molar-refractivity contribution < 1.29 is 74.4 Å². The number of unbranched alkanes of at least 4 members (excludes halogenated alkanes) is 3. The van der Waals surface area contributed by atoms with E-state index in [2.05, 4.69) is 51.3 Å². The van der Waals surface area contributed by atoms with Gasteiger partial charge in [-0.1, -0.05) is 38.0 Å². The summed E-state index contributed by atoms with van der Waals surface area (Å²) in [6.07, 6.45) is 11.3. The third-order valence-corrected chi connectivity index (χ3v) is 10.4. The fourth-order valence-corrected chi connectivity index (χ4v) is 7.00. The minimum absolute atomic E-state index is 0. The summed E-state index contributed by atoms with van der Waals surface area (Å²) in [7, 11) is 0. The van der Waals surface area contributed by atoms with E-state index in [1.165, 1.54) is 42.2 Å². The zero-order valence-corrected chi connectivity index (χ0v) is 39.7. The second kappa shape index (κ2) is 27.5. The van der Waals surface area contributed by atoms with Gasteiger partial charge in [0, 0.05) is 27.8 Å². The molecule has 6 rings (SSSR count). The van der Waals surface area contributed by atoms with Crippen LogP contribution < -0.4 is 5.10 Å². The quantitative estimate of drug-likeness (QED) is 0.0136. The molecule has 2 N–H and O–H groups in total. The van der Waals surface area contributed by atoms with Gasteiger partial charge in [-0.2, -0.15) is 26.3 Å². The van der Waals surface area contributed by atoms with Crippen LogP contribution in [0, 0.1) is 5.41 Å². The number of rotatable bonds is 21. The van der Waals surface area contributed by atoms with Crippen LogP contribution in [0.4, 0.5) is 26.3 Å². The first-order chi connectivity index (χ1) is 33.6. The molecule has 0 saturated carbocycles. The number of aromatic nitrogens is 6. The van der Waals surface area contributed by atoms with Crippen molar-refractivity contribution in [1.82, 2.24) is 30.1 Å². The van der Waals surface area contributed by atoms with Gasteiger partial charge in [0.1, 0.15) is 11.4 Å². The topological polar surface area (TPSA) is 205 Å². The van der Waals surface area contributed by atoms with E-state index >= 15 is 0 Å². The molecule has 0 aliphatic rings. The summed E-state index contributed by atoms with van der Waals surface area (Å²) < 4.78 is 91.1. The Balaban J connectivity index is 0.000000306. The summed E-state index contributed by atoms with van der Waals surface area (Å²) in [4.78, 5) is 50.7. The zero-order chi connectivity index (χ0) is 50.5. The second-order valence-electron chi connectivity index (χ2n) is 14.4. The van der Waals surface area contributed by atoms with E-state index in [0.29, 0.717) is 65.5 Å². The van der Waals surface area contributed by atoms with Gasteiger partial charge >= 0.3 is 31.8 Å². The fraction of sp³-hybridized carbons (Fsp3) is 0.163. The van der Waals surface area contributed by atoms with Crippen molar-refractivity contribution in [3.8, 4) is 34.2 Å². The molecule has 0 aliphatic heterocycles. The van der Waals surface area contributed by atoms with Gasteiger partial charge in [-0.15, -0.1) is 17.0 Å². The molecule has 14 nitrogen and oxygen atoms in total. The number of carbonyl (C=O) groups is 3. The molecule has 6 aromatic heterocycles. The van der Waals surface area contributed by atoms with Gasteiger partial charge in [0.2, 0.25) is 0 Å². The molecule has 0 atom stereocenters. The summed E-state index contributed by atoms with van der Waals surface area (Å²) in [6.45, 7) is 3.11. The summed E-state index contributed by atoms with van der Waals surface area (Å²) in [5.41, 5.74) is 8.45. The van der Waals surface area contributed by atoms with E-state index < -0.39 is 29.5 Å². The average Bonchev–Trinajstić information content (AvgIpc) is 4.04. The van der Waals surface area contributed by atoms with Gasteiger partial charge in [0.05, 0.1) is 47.3 Å². The first kappa shape index (κ1) is 55.9. The maximum absolute atomic E-state index is 13.0. The van der Waals surface area contributed by atoms with Gasteiger partial charge in [0.25, 0.3) is 19.4 Å². The molecule has 0 amide bonds. The van der Waals surface area contributed by atoms with E-state index in [-0.39, 0.29) is 36.6 Å². The summed E-state index contributed by atoms with van der Waals surface area (Å²) >= 11 is 1.59. The molecule has 0 spiro atoms. The van der Waals surface area contributed by atoms with Crippen molar-refractivity contribution in [2.75, 3.05) is 0 Å². The molecule has 0 fully saturated rings. The normalized spacial score (nSPS) is 11.9. The predicted octanol–water partition coefficient (Wildman–Crippen LogP) is 12.1. The van der Waals surface area contributed by atoms with Gasteiger partial charge in [-0.05, 0) is 132 Å². The smallest absolute Gasteiger partial charge is 0.697 e. The van der Waals surface area contributed by atoms with Crippen molar-refractivity contribution in [1.29, 1.82) is 5.41 Å². The van der Waals surface area contributed by atoms with Crippen LogP contribution in [0.2, 0.25) is 0 Å². The van der Waals surface area contributed by atoms with E-state index in [9.17, 15) is 40.7 Å². The maximum Gasteiger partial charge on any atom is 2.00 e. The number of halogens is 6. The standard InChI is InChI=1S/C25H23F6N5S.C24H17N3O6.Ru/c1-2-3-4-5-6-16-9-10-17(37-16)8-7-15-11-19(18(32)13-22(33)24(26,27)28)34-20(12-15)21-14-23(36-35-21)25(29,30)31;28-15-31-8-3-18-1-6-25-21(11-18)23-13-20(5-10-33-17-30)14-24(27-23)22-12-19(2-7-26-22)4-9-32-16-29;/h7-14,32-33H,2-6H2,1H3;1-17H;/q-2;;+2/b8-7+,18-13-,33-22?;8-3+,9-4+,10-5+;. The minimum atomic E-state index is -4.96. The van der Waals surface area contributed by atoms with Crippen molar-refractivity contribution in [2.45, 2.75) is 51.4 Å². The molecular formula is C49H40F6N8O6RuS. The molecule has 0 bridgehead atoms. The van der Waals surface area contributed by atoms with Crippen molar-refractivity contribution in [3.63, 3.8) is 0 Å². The monoisotopic (exact) mass is 1080 g/mol. The third-order valence-electron chi connectivity index (χ3n) is 9.33. The molecule has 0 unspecified atom stereocenters. The Bertz CT molecular complexity index is 2830. The van der Waals surface area contributed by atoms with Crippen LogP contribution in [0.1, 0.15) is 76.0 Å². The van der Waals surface area contributed by atoms with Crippen molar-refractivity contribution >= 4 is 72.5 Å². The van der Waals surface area contributed by atoms with Crippen LogP contribution >= 0.6 is 11.3 Å². The molecule has 368 valence electrons. The van der Waals surface area contributed by atoms with E-state index in [1.807, 2.05) is 12.1 Å². The number of hydrogen-bond acceptors (Lipinski definition) is 13. The molecule has 0 radical (unpaired) electrons. The number of carbonyl (C=O) groups excluding carboxylic acids is 3. The van der Waals surface area contributed by atoms with Crippen LogP contribution in [0.3, 0.4) is 0 Å². The predicted molar refractivity (Wildman–Crippen MR) is 252 cm³/mol. The van der Waals surface area contributed by atoms with Crippen LogP contribution in [-0.2, 0) is 60.7 Å². The van der Waals surface area contributed by atoms with Gasteiger partial charge in [0.15, 0.2) is 0 Å². The van der Waals surface area contributed by atoms with E-state index in [1.54, 1.807) is 90.5 Å². The summed E-state index contributed by atoms with van der Waals surface area (Å²) in [5, 5.41) is 13.7. The van der Waals surface area contributed by atoms with Crippen LogP contribution in [-0.4, -0.2) is 56.3 Å². The first-order valence-electron chi connectivity index (χ1n) is 20.8. The number of allylic oxidation sites excluding steroid dienone is 1. The number of alkyl halides is 6. The third kappa shape index (κ3) is 18.0. The Morgan fingerprint density at radius 1 is 0.676 bits per heavy atom. The van der Waals surface area contributed by atoms with Gasteiger partial charge < -0.3 is 30.1 Å². The summed E-state index contributed by atoms with van der Waals surface area (Å²) in [5.74, 6) is 0. The Hall–Kier alpha value is -7.71. The second-order valence-corrected chi connectivity index (χ2v) is 15.6. The average molecular weight is 1080 g/mol. The van der Waals surface area contributed by atoms with Crippen LogP contribution in [0.25, 0.3) is 76.0 Å². The largest absolute Gasteiger partial charge is 2.00 e. The molecule has 22 heteroatoms.